The number of rotatable bonds is 8. The van der Waals surface area contributed by atoms with Crippen molar-refractivity contribution in [2.75, 3.05) is 13.7 Å². The Morgan fingerprint density at radius 1 is 1.00 bits per heavy atom. The minimum absolute atomic E-state index is 0.149. The van der Waals surface area contributed by atoms with Crippen LogP contribution in [-0.4, -0.2) is 31.6 Å². The van der Waals surface area contributed by atoms with E-state index in [1.165, 1.54) is 25.3 Å². The maximum absolute atomic E-state index is 14.7. The number of ether oxygens (including phenoxy) is 2. The minimum Gasteiger partial charge on any atom is -0.491 e. The highest BCUT2D eigenvalue weighted by Gasteiger charge is 2.20. The molecule has 1 amide bonds. The van der Waals surface area contributed by atoms with E-state index in [1.807, 2.05) is 30.3 Å². The second-order valence-corrected chi connectivity index (χ2v) is 8.69. The third kappa shape index (κ3) is 5.86. The molecule has 0 fully saturated rings. The summed E-state index contributed by atoms with van der Waals surface area (Å²) in [6, 6.07) is 19.9. The van der Waals surface area contributed by atoms with Gasteiger partial charge in [-0.3, -0.25) is 4.79 Å². The van der Waals surface area contributed by atoms with Gasteiger partial charge in [-0.2, -0.15) is 0 Å². The Morgan fingerprint density at radius 2 is 1.76 bits per heavy atom. The SMILES string of the molecule is COC(=O)c1cc2ccc(OC[C@H](C)NC(=O)C(C)c3ccc(-c4ccccc4)c(F)c3)cc2oc1=O. The maximum atomic E-state index is 14.7. The molecule has 4 aromatic rings. The summed E-state index contributed by atoms with van der Waals surface area (Å²) in [5.74, 6) is -1.57. The molecular formula is C29H26FNO6. The first-order chi connectivity index (χ1) is 17.8. The lowest BCUT2D eigenvalue weighted by atomic mass is 9.96. The third-order valence-electron chi connectivity index (χ3n) is 5.97. The first-order valence-corrected chi connectivity index (χ1v) is 11.7. The number of methoxy groups -OCH3 is 1. The fourth-order valence-corrected chi connectivity index (χ4v) is 3.87. The van der Waals surface area contributed by atoms with Crippen LogP contribution in [0.3, 0.4) is 0 Å². The lowest BCUT2D eigenvalue weighted by Gasteiger charge is -2.19. The van der Waals surface area contributed by atoms with Gasteiger partial charge in [0.25, 0.3) is 0 Å². The number of hydrogen-bond acceptors (Lipinski definition) is 6. The van der Waals surface area contributed by atoms with Gasteiger partial charge in [-0.1, -0.05) is 42.5 Å². The zero-order chi connectivity index (χ0) is 26.5. The van der Waals surface area contributed by atoms with Crippen LogP contribution in [0.1, 0.15) is 35.7 Å². The van der Waals surface area contributed by atoms with Crippen LogP contribution in [0.5, 0.6) is 5.75 Å². The highest BCUT2D eigenvalue weighted by Crippen LogP contribution is 2.26. The summed E-state index contributed by atoms with van der Waals surface area (Å²) in [7, 11) is 1.18. The first-order valence-electron chi connectivity index (χ1n) is 11.7. The molecule has 0 radical (unpaired) electrons. The molecular weight excluding hydrogens is 477 g/mol. The van der Waals surface area contributed by atoms with Crippen molar-refractivity contribution in [3.05, 3.63) is 100 Å². The van der Waals surface area contributed by atoms with Gasteiger partial charge in [-0.15, -0.1) is 0 Å². The Kier molecular flexibility index (Phi) is 7.67. The highest BCUT2D eigenvalue weighted by atomic mass is 19.1. The molecule has 37 heavy (non-hydrogen) atoms. The average molecular weight is 504 g/mol. The Labute approximate surface area is 212 Å². The zero-order valence-corrected chi connectivity index (χ0v) is 20.6. The molecule has 190 valence electrons. The van der Waals surface area contributed by atoms with E-state index < -0.39 is 17.5 Å². The predicted octanol–water partition coefficient (Wildman–Crippen LogP) is 5.07. The Bertz CT molecular complexity index is 1500. The van der Waals surface area contributed by atoms with Crippen LogP contribution in [0.15, 0.2) is 82.0 Å². The largest absolute Gasteiger partial charge is 0.491 e. The van der Waals surface area contributed by atoms with E-state index >= 15 is 0 Å². The van der Waals surface area contributed by atoms with Gasteiger partial charge in [0.05, 0.1) is 19.1 Å². The minimum atomic E-state index is -0.806. The fraction of sp³-hybridized carbons (Fsp3) is 0.207. The second kappa shape index (κ2) is 11.1. The van der Waals surface area contributed by atoms with Gasteiger partial charge in [0.2, 0.25) is 5.91 Å². The summed E-state index contributed by atoms with van der Waals surface area (Å²) in [6.07, 6.45) is 0. The number of nitrogens with one attached hydrogen (secondary N) is 1. The smallest absolute Gasteiger partial charge is 0.351 e. The summed E-state index contributed by atoms with van der Waals surface area (Å²) in [6.45, 7) is 3.65. The van der Waals surface area contributed by atoms with E-state index in [-0.39, 0.29) is 35.5 Å². The molecule has 0 aliphatic heterocycles. The third-order valence-corrected chi connectivity index (χ3v) is 5.97. The van der Waals surface area contributed by atoms with Gasteiger partial charge >= 0.3 is 11.6 Å². The van der Waals surface area contributed by atoms with Crippen molar-refractivity contribution in [3.8, 4) is 16.9 Å². The summed E-state index contributed by atoms with van der Waals surface area (Å²) in [5, 5.41) is 3.41. The summed E-state index contributed by atoms with van der Waals surface area (Å²) in [4.78, 5) is 36.5. The van der Waals surface area contributed by atoms with Crippen molar-refractivity contribution in [2.45, 2.75) is 25.8 Å². The van der Waals surface area contributed by atoms with Crippen molar-refractivity contribution in [1.82, 2.24) is 5.32 Å². The standard InChI is InChI=1S/C29H26FNO6/c1-17(16-36-22-11-9-21-13-24(28(33)35-3)29(34)37-26(21)15-22)31-27(32)18(2)20-10-12-23(25(30)14-20)19-7-5-4-6-8-19/h4-15,17-18H,16H2,1-3H3,(H,31,32)/t17-,18?/m0/s1. The van der Waals surface area contributed by atoms with Gasteiger partial charge < -0.3 is 19.2 Å². The molecule has 0 aliphatic carbocycles. The van der Waals surface area contributed by atoms with Crippen LogP contribution in [0.4, 0.5) is 4.39 Å². The molecule has 7 nitrogen and oxygen atoms in total. The van der Waals surface area contributed by atoms with Crippen molar-refractivity contribution >= 4 is 22.8 Å². The van der Waals surface area contributed by atoms with Crippen molar-refractivity contribution in [2.24, 2.45) is 0 Å². The number of carbonyl (C=O) groups is 2. The molecule has 4 rings (SSSR count). The number of fused-ring (bicyclic) bond motifs is 1. The van der Waals surface area contributed by atoms with Gasteiger partial charge in [-0.05, 0) is 49.2 Å². The van der Waals surface area contributed by atoms with Crippen LogP contribution >= 0.6 is 0 Å². The van der Waals surface area contributed by atoms with Gasteiger partial charge in [0.15, 0.2) is 0 Å². The van der Waals surface area contributed by atoms with Crippen molar-refractivity contribution in [1.29, 1.82) is 0 Å². The lowest BCUT2D eigenvalue weighted by molar-refractivity contribution is -0.123. The number of benzene rings is 3. The molecule has 2 atom stereocenters. The Morgan fingerprint density at radius 3 is 2.46 bits per heavy atom. The van der Waals surface area contributed by atoms with Gasteiger partial charge in [0, 0.05) is 17.0 Å². The van der Waals surface area contributed by atoms with Gasteiger partial charge in [0.1, 0.15) is 29.3 Å². The fourth-order valence-electron chi connectivity index (χ4n) is 3.87. The second-order valence-electron chi connectivity index (χ2n) is 8.69. The lowest BCUT2D eigenvalue weighted by Crippen LogP contribution is -2.39. The molecule has 0 saturated heterocycles. The Hall–Kier alpha value is -4.46. The summed E-state index contributed by atoms with van der Waals surface area (Å²) in [5.41, 5.74) is 1.07. The highest BCUT2D eigenvalue weighted by molar-refractivity contribution is 5.93. The predicted molar refractivity (Wildman–Crippen MR) is 137 cm³/mol. The van der Waals surface area contributed by atoms with Crippen molar-refractivity contribution in [3.63, 3.8) is 0 Å². The number of carbonyl (C=O) groups excluding carboxylic acids is 2. The zero-order valence-electron chi connectivity index (χ0n) is 20.6. The molecule has 0 saturated carbocycles. The first kappa shape index (κ1) is 25.6. The van der Waals surface area contributed by atoms with Crippen molar-refractivity contribution < 1.29 is 27.9 Å². The van der Waals surface area contributed by atoms with Crippen LogP contribution in [0.2, 0.25) is 0 Å². The van der Waals surface area contributed by atoms with E-state index in [2.05, 4.69) is 10.1 Å². The number of amides is 1. The molecule has 0 spiro atoms. The Balaban J connectivity index is 1.37. The van der Waals surface area contributed by atoms with Crippen LogP contribution in [0.25, 0.3) is 22.1 Å². The molecule has 0 aliphatic rings. The molecule has 8 heteroatoms. The molecule has 1 heterocycles. The normalized spacial score (nSPS) is 12.5. The maximum Gasteiger partial charge on any atom is 0.351 e. The molecule has 3 aromatic carbocycles. The van der Waals surface area contributed by atoms with Crippen LogP contribution in [-0.2, 0) is 9.53 Å². The number of esters is 1. The van der Waals surface area contributed by atoms with E-state index in [1.54, 1.807) is 38.1 Å². The summed E-state index contributed by atoms with van der Waals surface area (Å²) < 4.78 is 30.3. The molecule has 1 unspecified atom stereocenters. The van der Waals surface area contributed by atoms with E-state index in [9.17, 15) is 18.8 Å². The topological polar surface area (TPSA) is 94.8 Å². The van der Waals surface area contributed by atoms with Crippen LogP contribution < -0.4 is 15.7 Å². The average Bonchev–Trinajstić information content (AvgIpc) is 2.90. The van der Waals surface area contributed by atoms with E-state index in [4.69, 9.17) is 9.15 Å². The van der Waals surface area contributed by atoms with E-state index in [0.717, 1.165) is 5.56 Å². The monoisotopic (exact) mass is 503 g/mol. The quantitative estimate of drug-likeness (QED) is 0.266. The number of hydrogen-bond donors (Lipinski definition) is 1. The molecule has 0 bridgehead atoms. The van der Waals surface area contributed by atoms with Crippen LogP contribution in [0, 0.1) is 5.82 Å². The molecule has 1 N–H and O–H groups in total. The van der Waals surface area contributed by atoms with Gasteiger partial charge in [-0.25, -0.2) is 14.0 Å². The summed E-state index contributed by atoms with van der Waals surface area (Å²) >= 11 is 0. The van der Waals surface area contributed by atoms with E-state index in [0.29, 0.717) is 22.3 Å². The molecule has 1 aromatic heterocycles. The number of halogens is 1.